The Morgan fingerprint density at radius 3 is 2.74 bits per heavy atom. The van der Waals surface area contributed by atoms with E-state index in [1.54, 1.807) is 11.3 Å². The van der Waals surface area contributed by atoms with Crippen molar-refractivity contribution in [2.45, 2.75) is 45.2 Å². The van der Waals surface area contributed by atoms with Gasteiger partial charge >= 0.3 is 0 Å². The van der Waals surface area contributed by atoms with Gasteiger partial charge in [0.1, 0.15) is 0 Å². The van der Waals surface area contributed by atoms with Crippen LogP contribution < -0.4 is 5.32 Å². The molecule has 124 valence electrons. The number of rotatable bonds is 4. The number of anilines is 1. The monoisotopic (exact) mass is 351 g/mol. The van der Waals surface area contributed by atoms with E-state index in [9.17, 15) is 8.42 Å². The predicted octanol–water partition coefficient (Wildman–Crippen LogP) is 3.16. The summed E-state index contributed by atoms with van der Waals surface area (Å²) < 4.78 is 25.8. The molecule has 1 aliphatic carbocycles. The molecule has 0 amide bonds. The summed E-state index contributed by atoms with van der Waals surface area (Å²) in [5.41, 5.74) is 4.34. The molecule has 1 aliphatic heterocycles. The maximum absolute atomic E-state index is 11.8. The number of nitrogens with zero attached hydrogens (tertiary/aromatic N) is 2. The zero-order chi connectivity index (χ0) is 16.2. The highest BCUT2D eigenvalue weighted by Gasteiger charge is 2.31. The molecular weight excluding hydrogens is 330 g/mol. The molecule has 1 unspecified atom stereocenters. The minimum Gasteiger partial charge on any atom is -0.359 e. The van der Waals surface area contributed by atoms with Gasteiger partial charge in [0.25, 0.3) is 0 Å². The molecule has 23 heavy (non-hydrogen) atoms. The molecule has 4 rings (SSSR count). The lowest BCUT2D eigenvalue weighted by Gasteiger charge is -2.16. The smallest absolute Gasteiger partial charge is 0.183 e. The molecule has 0 radical (unpaired) electrons. The Kier molecular flexibility index (Phi) is 3.53. The minimum atomic E-state index is -2.88. The Hall–Kier alpha value is -1.34. The fourth-order valence-corrected chi connectivity index (χ4v) is 5.93. The summed E-state index contributed by atoms with van der Waals surface area (Å²) in [6.07, 6.45) is 3.18. The zero-order valence-electron chi connectivity index (χ0n) is 13.4. The molecule has 1 saturated heterocycles. The lowest BCUT2D eigenvalue weighted by atomic mass is 10.2. The first-order chi connectivity index (χ1) is 10.9. The molecule has 2 aliphatic rings. The first-order valence-electron chi connectivity index (χ1n) is 8.04. The fourth-order valence-electron chi connectivity index (χ4n) is 3.44. The van der Waals surface area contributed by atoms with Gasteiger partial charge in [-0.05, 0) is 39.2 Å². The lowest BCUT2D eigenvalue weighted by Crippen LogP contribution is -2.13. The van der Waals surface area contributed by atoms with Crippen LogP contribution in [0, 0.1) is 13.8 Å². The molecule has 5 nitrogen and oxygen atoms in total. The average molecular weight is 351 g/mol. The number of sulfone groups is 1. The third-order valence-electron chi connectivity index (χ3n) is 4.74. The van der Waals surface area contributed by atoms with E-state index in [1.807, 2.05) is 0 Å². The summed E-state index contributed by atoms with van der Waals surface area (Å²) >= 11 is 1.64. The van der Waals surface area contributed by atoms with Crippen LogP contribution in [0.3, 0.4) is 0 Å². The van der Waals surface area contributed by atoms with Crippen LogP contribution in [0.5, 0.6) is 0 Å². The van der Waals surface area contributed by atoms with Crippen molar-refractivity contribution in [1.29, 1.82) is 0 Å². The first-order valence-corrected chi connectivity index (χ1v) is 10.7. The third-order valence-corrected chi connectivity index (χ3v) is 7.27. The van der Waals surface area contributed by atoms with Crippen molar-refractivity contribution in [3.05, 3.63) is 22.8 Å². The highest BCUT2D eigenvalue weighted by Crippen LogP contribution is 2.35. The number of aryl methyl sites for hydroxylation is 1. The highest BCUT2D eigenvalue weighted by molar-refractivity contribution is 7.91. The predicted molar refractivity (Wildman–Crippen MR) is 94.0 cm³/mol. The summed E-state index contributed by atoms with van der Waals surface area (Å²) in [7, 11) is -2.88. The fraction of sp³-hybridized carbons (Fsp3) is 0.562. The van der Waals surface area contributed by atoms with Crippen LogP contribution in [0.4, 0.5) is 5.13 Å². The topological polar surface area (TPSA) is 64.0 Å². The second-order valence-electron chi connectivity index (χ2n) is 6.67. The molecule has 3 heterocycles. The van der Waals surface area contributed by atoms with Gasteiger partial charge in [0.15, 0.2) is 15.0 Å². The normalized spacial score (nSPS) is 23.3. The molecule has 0 aromatic carbocycles. The van der Waals surface area contributed by atoms with Crippen LogP contribution >= 0.6 is 11.3 Å². The number of hydrogen-bond acceptors (Lipinski definition) is 5. The quantitative estimate of drug-likeness (QED) is 0.919. The summed E-state index contributed by atoms with van der Waals surface area (Å²) in [4.78, 5) is 4.71. The van der Waals surface area contributed by atoms with Gasteiger partial charge in [-0.25, -0.2) is 13.4 Å². The van der Waals surface area contributed by atoms with Crippen molar-refractivity contribution in [3.8, 4) is 11.3 Å². The molecule has 0 bridgehead atoms. The molecule has 2 fully saturated rings. The zero-order valence-corrected chi connectivity index (χ0v) is 15.0. The lowest BCUT2D eigenvalue weighted by molar-refractivity contribution is 0.536. The van der Waals surface area contributed by atoms with Crippen molar-refractivity contribution < 1.29 is 8.42 Å². The largest absolute Gasteiger partial charge is 0.359 e. The van der Waals surface area contributed by atoms with E-state index in [0.717, 1.165) is 27.8 Å². The summed E-state index contributed by atoms with van der Waals surface area (Å²) in [6.45, 7) is 4.12. The van der Waals surface area contributed by atoms with E-state index < -0.39 is 9.84 Å². The van der Waals surface area contributed by atoms with E-state index in [1.165, 1.54) is 12.8 Å². The van der Waals surface area contributed by atoms with Crippen molar-refractivity contribution >= 4 is 26.3 Å². The van der Waals surface area contributed by atoms with Crippen molar-refractivity contribution in [1.82, 2.24) is 9.55 Å². The molecule has 0 spiro atoms. The van der Waals surface area contributed by atoms with Crippen molar-refractivity contribution in [2.75, 3.05) is 16.8 Å². The van der Waals surface area contributed by atoms with Crippen molar-refractivity contribution in [3.63, 3.8) is 0 Å². The number of thiazole rings is 1. The third kappa shape index (κ3) is 2.92. The standard InChI is InChI=1S/C16H21N3O2S2/c1-10-7-14(15-8-22-16(18-15)17-12-3-4-12)11(2)19(10)13-5-6-23(20,21)9-13/h7-8,12-13H,3-6,9H2,1-2H3,(H,17,18). The van der Waals surface area contributed by atoms with Gasteiger partial charge in [0.2, 0.25) is 0 Å². The van der Waals surface area contributed by atoms with Crippen molar-refractivity contribution in [2.24, 2.45) is 0 Å². The number of nitrogens with one attached hydrogen (secondary N) is 1. The van der Waals surface area contributed by atoms with Crippen LogP contribution in [0.25, 0.3) is 11.3 Å². The molecule has 2 aromatic heterocycles. The number of hydrogen-bond donors (Lipinski definition) is 1. The van der Waals surface area contributed by atoms with Gasteiger partial charge in [-0.3, -0.25) is 0 Å². The van der Waals surface area contributed by atoms with E-state index >= 15 is 0 Å². The number of aromatic nitrogens is 2. The van der Waals surface area contributed by atoms with Crippen LogP contribution in [-0.4, -0.2) is 35.5 Å². The van der Waals surface area contributed by atoms with Gasteiger partial charge in [0.05, 0.1) is 17.2 Å². The molecule has 1 atom stereocenters. The average Bonchev–Trinajstić information content (AvgIpc) is 2.91. The Morgan fingerprint density at radius 2 is 2.09 bits per heavy atom. The van der Waals surface area contributed by atoms with Gasteiger partial charge < -0.3 is 9.88 Å². The minimum absolute atomic E-state index is 0.0662. The van der Waals surface area contributed by atoms with Gasteiger partial charge in [-0.1, -0.05) is 0 Å². The Balaban J connectivity index is 1.65. The maximum atomic E-state index is 11.8. The van der Waals surface area contributed by atoms with E-state index in [-0.39, 0.29) is 11.8 Å². The second kappa shape index (κ2) is 5.34. The highest BCUT2D eigenvalue weighted by atomic mass is 32.2. The first kappa shape index (κ1) is 15.2. The van der Waals surface area contributed by atoms with E-state index in [2.05, 4.69) is 35.2 Å². The summed E-state index contributed by atoms with van der Waals surface area (Å²) in [5, 5.41) is 6.50. The SMILES string of the molecule is Cc1cc(-c2csc(NC3CC3)n2)c(C)n1C1CCS(=O)(=O)C1. The Labute approximate surface area is 140 Å². The molecule has 7 heteroatoms. The molecule has 1 N–H and O–H groups in total. The van der Waals surface area contributed by atoms with Gasteiger partial charge in [0, 0.05) is 34.4 Å². The maximum Gasteiger partial charge on any atom is 0.183 e. The second-order valence-corrected chi connectivity index (χ2v) is 9.76. The Bertz CT molecular complexity index is 847. The van der Waals surface area contributed by atoms with Gasteiger partial charge in [-0.15, -0.1) is 11.3 Å². The van der Waals surface area contributed by atoms with Crippen LogP contribution in [0.1, 0.15) is 36.7 Å². The van der Waals surface area contributed by atoms with Crippen LogP contribution in [0.2, 0.25) is 0 Å². The van der Waals surface area contributed by atoms with Crippen LogP contribution in [0.15, 0.2) is 11.4 Å². The summed E-state index contributed by atoms with van der Waals surface area (Å²) in [6, 6.07) is 2.80. The molecule has 2 aromatic rings. The van der Waals surface area contributed by atoms with Gasteiger partial charge in [-0.2, -0.15) is 0 Å². The van der Waals surface area contributed by atoms with E-state index in [4.69, 9.17) is 4.98 Å². The van der Waals surface area contributed by atoms with Crippen LogP contribution in [-0.2, 0) is 9.84 Å². The molecule has 1 saturated carbocycles. The Morgan fingerprint density at radius 1 is 1.30 bits per heavy atom. The molecular formula is C16H21N3O2S2. The summed E-state index contributed by atoms with van der Waals surface area (Å²) in [5.74, 6) is 0.560. The van der Waals surface area contributed by atoms with E-state index in [0.29, 0.717) is 18.2 Å².